The number of carbonyl (C=O) groups excluding carboxylic acids is 1. The van der Waals surface area contributed by atoms with E-state index in [0.717, 1.165) is 24.0 Å². The van der Waals surface area contributed by atoms with Crippen molar-refractivity contribution in [1.82, 2.24) is 10.6 Å². The second-order valence-corrected chi connectivity index (χ2v) is 6.25. The summed E-state index contributed by atoms with van der Waals surface area (Å²) in [5, 5.41) is 23.8. The van der Waals surface area contributed by atoms with E-state index >= 15 is 0 Å². The number of aliphatic carboxylic acids is 1. The molecule has 3 N–H and O–H groups in total. The molecule has 0 aliphatic rings. The first-order chi connectivity index (χ1) is 13.0. The Labute approximate surface area is 158 Å². The number of nitriles is 1. The molecule has 6 heteroatoms. The molecule has 2 amide bonds. The molecule has 0 heterocycles. The number of nitrogens with zero attached hydrogens (tertiary/aromatic N) is 1. The molecule has 0 fully saturated rings. The van der Waals surface area contributed by atoms with Gasteiger partial charge in [-0.3, -0.25) is 4.79 Å². The quantitative estimate of drug-likeness (QED) is 0.660. The molecule has 2 unspecified atom stereocenters. The molecule has 140 valence electrons. The summed E-state index contributed by atoms with van der Waals surface area (Å²) in [6.07, 6.45) is 1.39. The van der Waals surface area contributed by atoms with Crippen LogP contribution in [0.2, 0.25) is 0 Å². The Morgan fingerprint density at radius 2 is 1.59 bits per heavy atom. The van der Waals surface area contributed by atoms with Gasteiger partial charge in [-0.15, -0.1) is 0 Å². The lowest BCUT2D eigenvalue weighted by Crippen LogP contribution is -2.40. The fourth-order valence-corrected chi connectivity index (χ4v) is 2.87. The van der Waals surface area contributed by atoms with Gasteiger partial charge in [0.25, 0.3) is 0 Å². The van der Waals surface area contributed by atoms with Crippen molar-refractivity contribution in [3.63, 3.8) is 0 Å². The minimum atomic E-state index is -0.985. The van der Waals surface area contributed by atoms with Gasteiger partial charge in [0.15, 0.2) is 0 Å². The number of hydrogen-bond acceptors (Lipinski definition) is 3. The molecular weight excluding hydrogens is 342 g/mol. The molecule has 2 aromatic rings. The highest BCUT2D eigenvalue weighted by molar-refractivity contribution is 5.76. The number of carboxylic acid groups (broad SMARTS) is 1. The van der Waals surface area contributed by atoms with E-state index in [1.165, 1.54) is 0 Å². The van der Waals surface area contributed by atoms with Crippen molar-refractivity contribution in [2.45, 2.75) is 38.3 Å². The van der Waals surface area contributed by atoms with Crippen LogP contribution in [0.3, 0.4) is 0 Å². The Balaban J connectivity index is 2.10. The highest BCUT2D eigenvalue weighted by atomic mass is 16.4. The van der Waals surface area contributed by atoms with Gasteiger partial charge in [0.1, 0.15) is 0 Å². The molecule has 6 nitrogen and oxygen atoms in total. The normalized spacial score (nSPS) is 12.4. The molecule has 0 aliphatic carbocycles. The fraction of sp³-hybridized carbons (Fsp3) is 0.286. The molecule has 0 aromatic heterocycles. The molecule has 0 radical (unpaired) electrons. The van der Waals surface area contributed by atoms with Crippen LogP contribution in [0, 0.1) is 11.3 Å². The largest absolute Gasteiger partial charge is 0.481 e. The first-order valence-electron chi connectivity index (χ1n) is 8.87. The minimum Gasteiger partial charge on any atom is -0.481 e. The number of urea groups is 1. The molecule has 27 heavy (non-hydrogen) atoms. The number of amides is 2. The summed E-state index contributed by atoms with van der Waals surface area (Å²) in [6, 6.07) is 16.9. The van der Waals surface area contributed by atoms with Crippen LogP contribution in [0.15, 0.2) is 54.6 Å². The average molecular weight is 365 g/mol. The van der Waals surface area contributed by atoms with Crippen LogP contribution in [0.4, 0.5) is 4.79 Å². The van der Waals surface area contributed by atoms with Crippen LogP contribution in [0.5, 0.6) is 0 Å². The van der Waals surface area contributed by atoms with Crippen molar-refractivity contribution in [3.05, 3.63) is 71.3 Å². The highest BCUT2D eigenvalue weighted by Crippen LogP contribution is 2.20. The highest BCUT2D eigenvalue weighted by Gasteiger charge is 2.20. The summed E-state index contributed by atoms with van der Waals surface area (Å²) in [5.74, 6) is -0.985. The molecule has 0 saturated heterocycles. The van der Waals surface area contributed by atoms with Gasteiger partial charge in [0.05, 0.1) is 30.1 Å². The second kappa shape index (κ2) is 9.97. The maximum absolute atomic E-state index is 12.5. The van der Waals surface area contributed by atoms with Crippen molar-refractivity contribution in [2.75, 3.05) is 0 Å². The number of benzene rings is 2. The third-order valence-electron chi connectivity index (χ3n) is 4.21. The Morgan fingerprint density at radius 3 is 2.15 bits per heavy atom. The van der Waals surface area contributed by atoms with Crippen molar-refractivity contribution < 1.29 is 14.7 Å². The van der Waals surface area contributed by atoms with Gasteiger partial charge in [-0.05, 0) is 29.7 Å². The van der Waals surface area contributed by atoms with Crippen molar-refractivity contribution >= 4 is 12.0 Å². The third-order valence-corrected chi connectivity index (χ3v) is 4.21. The van der Waals surface area contributed by atoms with Gasteiger partial charge >= 0.3 is 12.0 Å². The van der Waals surface area contributed by atoms with Gasteiger partial charge in [-0.1, -0.05) is 55.8 Å². The molecule has 2 atom stereocenters. The van der Waals surface area contributed by atoms with Gasteiger partial charge in [0.2, 0.25) is 0 Å². The molecule has 0 spiro atoms. The Kier molecular flexibility index (Phi) is 7.38. The number of carboxylic acids is 1. The maximum Gasteiger partial charge on any atom is 0.315 e. The molecule has 0 bridgehead atoms. The third kappa shape index (κ3) is 6.15. The van der Waals surface area contributed by atoms with Crippen LogP contribution < -0.4 is 10.6 Å². The van der Waals surface area contributed by atoms with Crippen LogP contribution in [-0.2, 0) is 4.79 Å². The van der Waals surface area contributed by atoms with Crippen molar-refractivity contribution in [1.29, 1.82) is 5.26 Å². The van der Waals surface area contributed by atoms with Gasteiger partial charge in [-0.25, -0.2) is 4.79 Å². The summed E-state index contributed by atoms with van der Waals surface area (Å²) in [4.78, 5) is 23.7. The Bertz CT molecular complexity index is 798. The lowest BCUT2D eigenvalue weighted by Gasteiger charge is -2.22. The topological polar surface area (TPSA) is 102 Å². The number of hydrogen-bond donors (Lipinski definition) is 3. The van der Waals surface area contributed by atoms with E-state index in [-0.39, 0.29) is 12.5 Å². The van der Waals surface area contributed by atoms with E-state index in [1.54, 1.807) is 36.4 Å². The smallest absolute Gasteiger partial charge is 0.315 e. The van der Waals surface area contributed by atoms with E-state index in [0.29, 0.717) is 5.56 Å². The zero-order valence-electron chi connectivity index (χ0n) is 15.2. The lowest BCUT2D eigenvalue weighted by molar-refractivity contribution is -0.137. The summed E-state index contributed by atoms with van der Waals surface area (Å²) in [5.41, 5.74) is 2.20. The summed E-state index contributed by atoms with van der Waals surface area (Å²) < 4.78 is 0. The molecule has 0 saturated carbocycles. The summed E-state index contributed by atoms with van der Waals surface area (Å²) in [7, 11) is 0. The fourth-order valence-electron chi connectivity index (χ4n) is 2.87. The van der Waals surface area contributed by atoms with E-state index < -0.39 is 18.0 Å². The van der Waals surface area contributed by atoms with Crippen molar-refractivity contribution in [3.8, 4) is 6.07 Å². The first kappa shape index (κ1) is 20.0. The SMILES string of the molecule is CCCC(NC(=O)NC(CC(=O)O)c1ccccc1)c1ccc(C#N)cc1. The van der Waals surface area contributed by atoms with Crippen LogP contribution >= 0.6 is 0 Å². The Morgan fingerprint density at radius 1 is 1.00 bits per heavy atom. The van der Waals surface area contributed by atoms with Crippen molar-refractivity contribution in [2.24, 2.45) is 0 Å². The van der Waals surface area contributed by atoms with Crippen LogP contribution in [-0.4, -0.2) is 17.1 Å². The molecule has 0 aliphatic heterocycles. The number of nitrogens with one attached hydrogen (secondary N) is 2. The minimum absolute atomic E-state index is 0.202. The van der Waals surface area contributed by atoms with Gasteiger partial charge < -0.3 is 15.7 Å². The number of rotatable bonds is 8. The molecular formula is C21H23N3O3. The monoisotopic (exact) mass is 365 g/mol. The van der Waals surface area contributed by atoms with Gasteiger partial charge in [-0.2, -0.15) is 5.26 Å². The lowest BCUT2D eigenvalue weighted by atomic mass is 10.0. The van der Waals surface area contributed by atoms with E-state index in [4.69, 9.17) is 10.4 Å². The summed E-state index contributed by atoms with van der Waals surface area (Å²) in [6.45, 7) is 2.02. The Hall–Kier alpha value is -3.33. The van der Waals surface area contributed by atoms with Crippen LogP contribution in [0.25, 0.3) is 0 Å². The first-order valence-corrected chi connectivity index (χ1v) is 8.87. The van der Waals surface area contributed by atoms with E-state index in [9.17, 15) is 9.59 Å². The average Bonchev–Trinajstić information content (AvgIpc) is 2.67. The standard InChI is InChI=1S/C21H23N3O3/c1-2-6-18(17-11-9-15(14-22)10-12-17)23-21(27)24-19(13-20(25)26)16-7-4-3-5-8-16/h3-5,7-12,18-19H,2,6,13H2,1H3,(H,25,26)(H2,23,24,27). The molecule has 2 aromatic carbocycles. The zero-order valence-corrected chi connectivity index (χ0v) is 15.2. The zero-order chi connectivity index (χ0) is 19.6. The predicted molar refractivity (Wildman–Crippen MR) is 102 cm³/mol. The second-order valence-electron chi connectivity index (χ2n) is 6.25. The molecule has 2 rings (SSSR count). The van der Waals surface area contributed by atoms with E-state index in [1.807, 2.05) is 25.1 Å². The van der Waals surface area contributed by atoms with Crippen LogP contribution in [0.1, 0.15) is 55.0 Å². The predicted octanol–water partition coefficient (Wildman–Crippen LogP) is 3.91. The number of carbonyl (C=O) groups is 2. The van der Waals surface area contributed by atoms with E-state index in [2.05, 4.69) is 16.7 Å². The summed E-state index contributed by atoms with van der Waals surface area (Å²) >= 11 is 0. The van der Waals surface area contributed by atoms with Gasteiger partial charge in [0, 0.05) is 0 Å². The maximum atomic E-state index is 12.5.